The van der Waals surface area contributed by atoms with Crippen LogP contribution in [0.15, 0.2) is 30.6 Å². The summed E-state index contributed by atoms with van der Waals surface area (Å²) < 4.78 is 6.04. The van der Waals surface area contributed by atoms with Crippen molar-refractivity contribution in [3.63, 3.8) is 0 Å². The molecule has 0 amide bonds. The van der Waals surface area contributed by atoms with Gasteiger partial charge in [-0.15, -0.1) is 0 Å². The van der Waals surface area contributed by atoms with E-state index in [1.807, 2.05) is 25.2 Å². The lowest BCUT2D eigenvalue weighted by Crippen LogP contribution is -2.05. The van der Waals surface area contributed by atoms with Crippen LogP contribution in [0, 0.1) is 0 Å². The third-order valence-corrected chi connectivity index (χ3v) is 3.22. The topological polar surface area (TPSA) is 47.0 Å². The second kappa shape index (κ2) is 6.37. The summed E-state index contributed by atoms with van der Waals surface area (Å²) >= 11 is 0. The number of hydrogen-bond acceptors (Lipinski definition) is 4. The zero-order valence-electron chi connectivity index (χ0n) is 12.5. The molecule has 0 saturated carbocycles. The molecule has 2 aromatic rings. The van der Waals surface area contributed by atoms with Crippen molar-refractivity contribution in [2.45, 2.75) is 33.1 Å². The third kappa shape index (κ3) is 2.90. The number of para-hydroxylation sites is 1. The molecule has 106 valence electrons. The first-order valence-electron chi connectivity index (χ1n) is 6.95. The zero-order chi connectivity index (χ0) is 14.5. The summed E-state index contributed by atoms with van der Waals surface area (Å²) in [6.45, 7) is 6.33. The Morgan fingerprint density at radius 2 is 1.95 bits per heavy atom. The van der Waals surface area contributed by atoms with E-state index in [2.05, 4.69) is 42.1 Å². The largest absolute Gasteiger partial charge is 0.438 e. The molecule has 0 spiro atoms. The summed E-state index contributed by atoms with van der Waals surface area (Å²) in [6, 6.07) is 8.05. The zero-order valence-corrected chi connectivity index (χ0v) is 12.5. The fraction of sp³-hybridized carbons (Fsp3) is 0.375. The van der Waals surface area contributed by atoms with Crippen LogP contribution in [0.5, 0.6) is 11.6 Å². The average molecular weight is 271 g/mol. The number of nitrogens with one attached hydrogen (secondary N) is 1. The van der Waals surface area contributed by atoms with Gasteiger partial charge >= 0.3 is 0 Å². The first-order chi connectivity index (χ1) is 9.67. The van der Waals surface area contributed by atoms with Crippen molar-refractivity contribution in [2.24, 2.45) is 0 Å². The Bertz CT molecular complexity index is 582. The second-order valence-electron chi connectivity index (χ2n) is 4.91. The van der Waals surface area contributed by atoms with Crippen molar-refractivity contribution in [3.8, 4) is 11.6 Å². The molecule has 0 radical (unpaired) electrons. The van der Waals surface area contributed by atoms with Crippen molar-refractivity contribution < 1.29 is 4.74 Å². The van der Waals surface area contributed by atoms with Gasteiger partial charge < -0.3 is 10.1 Å². The molecule has 1 aromatic carbocycles. The molecule has 0 aliphatic carbocycles. The van der Waals surface area contributed by atoms with E-state index < -0.39 is 0 Å². The van der Waals surface area contributed by atoms with Gasteiger partial charge in [0.1, 0.15) is 17.9 Å². The first kappa shape index (κ1) is 14.3. The monoisotopic (exact) mass is 271 g/mol. The van der Waals surface area contributed by atoms with Crippen LogP contribution in [0.25, 0.3) is 0 Å². The van der Waals surface area contributed by atoms with Crippen LogP contribution in [-0.4, -0.2) is 17.0 Å². The molecule has 1 N–H and O–H groups in total. The minimum Gasteiger partial charge on any atom is -0.438 e. The van der Waals surface area contributed by atoms with Gasteiger partial charge in [-0.25, -0.2) is 9.97 Å². The van der Waals surface area contributed by atoms with E-state index >= 15 is 0 Å². The van der Waals surface area contributed by atoms with Crippen molar-refractivity contribution in [1.29, 1.82) is 0 Å². The maximum absolute atomic E-state index is 6.04. The maximum Gasteiger partial charge on any atom is 0.227 e. The van der Waals surface area contributed by atoms with Gasteiger partial charge in [-0.3, -0.25) is 0 Å². The molecule has 0 saturated heterocycles. The SMILES string of the molecule is CCc1ccccc1Oc1ncnc(NC)c1C(C)C. The van der Waals surface area contributed by atoms with Crippen LogP contribution >= 0.6 is 0 Å². The molecule has 0 bridgehead atoms. The summed E-state index contributed by atoms with van der Waals surface area (Å²) in [4.78, 5) is 8.57. The van der Waals surface area contributed by atoms with Gasteiger partial charge in [0.2, 0.25) is 5.88 Å². The Morgan fingerprint density at radius 1 is 1.20 bits per heavy atom. The summed E-state index contributed by atoms with van der Waals surface area (Å²) in [5, 5.41) is 3.10. The summed E-state index contributed by atoms with van der Waals surface area (Å²) in [5.74, 6) is 2.58. The molecule has 0 atom stereocenters. The Labute approximate surface area is 120 Å². The van der Waals surface area contributed by atoms with Crippen molar-refractivity contribution in [3.05, 3.63) is 41.7 Å². The first-order valence-corrected chi connectivity index (χ1v) is 6.95. The van der Waals surface area contributed by atoms with Crippen molar-refractivity contribution in [1.82, 2.24) is 9.97 Å². The Kier molecular flexibility index (Phi) is 4.56. The van der Waals surface area contributed by atoms with Gasteiger partial charge in [0.15, 0.2) is 0 Å². The molecule has 0 aliphatic rings. The van der Waals surface area contributed by atoms with Gasteiger partial charge in [0.05, 0.1) is 5.56 Å². The van der Waals surface area contributed by atoms with E-state index in [1.165, 1.54) is 11.9 Å². The number of aryl methyl sites for hydroxylation is 1. The van der Waals surface area contributed by atoms with E-state index in [1.54, 1.807) is 0 Å². The number of anilines is 1. The third-order valence-electron chi connectivity index (χ3n) is 3.22. The normalized spacial score (nSPS) is 10.7. The number of rotatable bonds is 5. The highest BCUT2D eigenvalue weighted by atomic mass is 16.5. The molecule has 20 heavy (non-hydrogen) atoms. The summed E-state index contributed by atoms with van der Waals surface area (Å²) in [6.07, 6.45) is 2.46. The van der Waals surface area contributed by atoms with Gasteiger partial charge in [-0.2, -0.15) is 0 Å². The highest BCUT2D eigenvalue weighted by Crippen LogP contribution is 2.33. The van der Waals surface area contributed by atoms with E-state index in [0.717, 1.165) is 23.6 Å². The minimum absolute atomic E-state index is 0.280. The number of benzene rings is 1. The molecule has 1 heterocycles. The standard InChI is InChI=1S/C16H21N3O/c1-5-12-8-6-7-9-13(12)20-16-14(11(2)3)15(17-4)18-10-19-16/h6-11H,5H2,1-4H3,(H,17,18,19). The Morgan fingerprint density at radius 3 is 2.60 bits per heavy atom. The molecule has 0 fully saturated rings. The van der Waals surface area contributed by atoms with Gasteiger partial charge in [0, 0.05) is 7.05 Å². The van der Waals surface area contributed by atoms with Crippen LogP contribution in [0.2, 0.25) is 0 Å². The highest BCUT2D eigenvalue weighted by molar-refractivity contribution is 5.51. The smallest absolute Gasteiger partial charge is 0.227 e. The van der Waals surface area contributed by atoms with Crippen LogP contribution < -0.4 is 10.1 Å². The van der Waals surface area contributed by atoms with Crippen LogP contribution in [0.3, 0.4) is 0 Å². The Hall–Kier alpha value is -2.10. The van der Waals surface area contributed by atoms with Crippen LogP contribution in [-0.2, 0) is 6.42 Å². The molecular weight excluding hydrogens is 250 g/mol. The van der Waals surface area contributed by atoms with Crippen molar-refractivity contribution in [2.75, 3.05) is 12.4 Å². The molecule has 1 aromatic heterocycles. The lowest BCUT2D eigenvalue weighted by atomic mass is 10.1. The predicted octanol–water partition coefficient (Wildman–Crippen LogP) is 4.00. The van der Waals surface area contributed by atoms with Crippen LogP contribution in [0.1, 0.15) is 37.8 Å². The number of nitrogens with zero attached hydrogens (tertiary/aromatic N) is 2. The van der Waals surface area contributed by atoms with E-state index in [9.17, 15) is 0 Å². The van der Waals surface area contributed by atoms with Crippen LogP contribution in [0.4, 0.5) is 5.82 Å². The summed E-state index contributed by atoms with van der Waals surface area (Å²) in [5.41, 5.74) is 2.17. The van der Waals surface area contributed by atoms with Gasteiger partial charge in [-0.1, -0.05) is 39.0 Å². The molecule has 4 nitrogen and oxygen atoms in total. The fourth-order valence-electron chi connectivity index (χ4n) is 2.18. The van der Waals surface area contributed by atoms with E-state index in [0.29, 0.717) is 5.88 Å². The number of hydrogen-bond donors (Lipinski definition) is 1. The molecule has 0 aliphatic heterocycles. The van der Waals surface area contributed by atoms with Gasteiger partial charge in [-0.05, 0) is 24.0 Å². The minimum atomic E-state index is 0.280. The van der Waals surface area contributed by atoms with Crippen molar-refractivity contribution >= 4 is 5.82 Å². The predicted molar refractivity (Wildman–Crippen MR) is 81.6 cm³/mol. The van der Waals surface area contributed by atoms with E-state index in [-0.39, 0.29) is 5.92 Å². The quantitative estimate of drug-likeness (QED) is 0.893. The Balaban J connectivity index is 2.43. The second-order valence-corrected chi connectivity index (χ2v) is 4.91. The molecule has 2 rings (SSSR count). The summed E-state index contributed by atoms with van der Waals surface area (Å²) in [7, 11) is 1.86. The maximum atomic E-state index is 6.04. The highest BCUT2D eigenvalue weighted by Gasteiger charge is 2.16. The fourth-order valence-corrected chi connectivity index (χ4v) is 2.18. The van der Waals surface area contributed by atoms with Gasteiger partial charge in [0.25, 0.3) is 0 Å². The lowest BCUT2D eigenvalue weighted by molar-refractivity contribution is 0.447. The van der Waals surface area contributed by atoms with E-state index in [4.69, 9.17) is 4.74 Å². The average Bonchev–Trinajstić information content (AvgIpc) is 2.47. The number of aromatic nitrogens is 2. The molecule has 0 unspecified atom stereocenters. The number of ether oxygens (including phenoxy) is 1. The lowest BCUT2D eigenvalue weighted by Gasteiger charge is -2.16. The molecule has 4 heteroatoms. The molecular formula is C16H21N3O.